The zero-order valence-electron chi connectivity index (χ0n) is 20.0. The molecule has 1 amide bonds. The number of benzene rings is 4. The molecule has 0 saturated heterocycles. The highest BCUT2D eigenvalue weighted by Crippen LogP contribution is 2.31. The molecule has 0 saturated carbocycles. The molecule has 1 heterocycles. The Kier molecular flexibility index (Phi) is 7.54. The number of nitrogens with one attached hydrogen (secondary N) is 1. The molecule has 4 aromatic carbocycles. The molecule has 37 heavy (non-hydrogen) atoms. The minimum atomic E-state index is -0.137. The van der Waals surface area contributed by atoms with E-state index in [4.69, 9.17) is 16.3 Å². The fourth-order valence-electron chi connectivity index (χ4n) is 3.91. The largest absolute Gasteiger partial charge is 0.497 e. The van der Waals surface area contributed by atoms with E-state index in [2.05, 4.69) is 15.5 Å². The van der Waals surface area contributed by atoms with Gasteiger partial charge in [0.1, 0.15) is 5.75 Å². The SMILES string of the molecule is COc1cccc(-c2nnc(SCC(=O)Nc3ccccc3-c3ccccc3)n2-c2ccc(Cl)cc2)c1. The zero-order valence-corrected chi connectivity index (χ0v) is 21.5. The number of methoxy groups -OCH3 is 1. The van der Waals surface area contributed by atoms with Crippen molar-refractivity contribution in [1.29, 1.82) is 0 Å². The van der Waals surface area contributed by atoms with Crippen molar-refractivity contribution in [3.05, 3.63) is 108 Å². The molecule has 1 N–H and O–H groups in total. The number of para-hydroxylation sites is 1. The third-order valence-electron chi connectivity index (χ3n) is 5.66. The molecule has 8 heteroatoms. The van der Waals surface area contributed by atoms with Gasteiger partial charge in [-0.1, -0.05) is 84.0 Å². The van der Waals surface area contributed by atoms with Crippen molar-refractivity contribution in [2.45, 2.75) is 5.16 Å². The monoisotopic (exact) mass is 526 g/mol. The summed E-state index contributed by atoms with van der Waals surface area (Å²) in [6.07, 6.45) is 0. The summed E-state index contributed by atoms with van der Waals surface area (Å²) in [6.45, 7) is 0. The number of halogens is 1. The number of amides is 1. The number of carbonyl (C=O) groups is 1. The summed E-state index contributed by atoms with van der Waals surface area (Å²) < 4.78 is 7.31. The van der Waals surface area contributed by atoms with Gasteiger partial charge in [0.2, 0.25) is 5.91 Å². The number of aromatic nitrogens is 3. The number of hydrogen-bond donors (Lipinski definition) is 1. The maximum absolute atomic E-state index is 13.0. The second kappa shape index (κ2) is 11.3. The smallest absolute Gasteiger partial charge is 0.234 e. The van der Waals surface area contributed by atoms with Crippen molar-refractivity contribution in [2.24, 2.45) is 0 Å². The standard InChI is InChI=1S/C29H23ClN4O2S/c1-36-24-11-7-10-21(18-24)28-32-33-29(34(28)23-16-14-22(30)15-17-23)37-19-27(35)31-26-13-6-5-12-25(26)20-8-3-2-4-9-20/h2-18H,19H2,1H3,(H,31,35). The van der Waals surface area contributed by atoms with Gasteiger partial charge in [0.05, 0.1) is 12.9 Å². The molecule has 0 radical (unpaired) electrons. The van der Waals surface area contributed by atoms with E-state index < -0.39 is 0 Å². The third kappa shape index (κ3) is 5.69. The van der Waals surface area contributed by atoms with Crippen LogP contribution in [0.25, 0.3) is 28.2 Å². The van der Waals surface area contributed by atoms with Gasteiger partial charge in [0.15, 0.2) is 11.0 Å². The molecule has 0 fully saturated rings. The summed E-state index contributed by atoms with van der Waals surface area (Å²) >= 11 is 7.44. The summed E-state index contributed by atoms with van der Waals surface area (Å²) in [5, 5.41) is 13.1. The summed E-state index contributed by atoms with van der Waals surface area (Å²) in [5.41, 5.74) is 4.44. The topological polar surface area (TPSA) is 69.0 Å². The van der Waals surface area contributed by atoms with Gasteiger partial charge in [0, 0.05) is 27.5 Å². The van der Waals surface area contributed by atoms with Crippen LogP contribution in [0.5, 0.6) is 5.75 Å². The Bertz CT molecular complexity index is 1520. The van der Waals surface area contributed by atoms with E-state index in [1.54, 1.807) is 7.11 Å². The van der Waals surface area contributed by atoms with Crippen molar-refractivity contribution in [3.8, 4) is 34.0 Å². The van der Waals surface area contributed by atoms with Gasteiger partial charge in [-0.05, 0) is 48.0 Å². The Balaban J connectivity index is 1.40. The second-order valence-corrected chi connectivity index (χ2v) is 9.48. The number of anilines is 1. The molecule has 0 unspecified atom stereocenters. The number of thioether (sulfide) groups is 1. The minimum absolute atomic E-state index is 0.137. The highest BCUT2D eigenvalue weighted by molar-refractivity contribution is 7.99. The van der Waals surface area contributed by atoms with E-state index in [-0.39, 0.29) is 11.7 Å². The first kappa shape index (κ1) is 24.6. The van der Waals surface area contributed by atoms with E-state index in [0.29, 0.717) is 21.8 Å². The average molecular weight is 527 g/mol. The van der Waals surface area contributed by atoms with E-state index in [0.717, 1.165) is 28.1 Å². The number of nitrogens with zero attached hydrogens (tertiary/aromatic N) is 3. The molecule has 1 aromatic heterocycles. The number of ether oxygens (including phenoxy) is 1. The van der Waals surface area contributed by atoms with Gasteiger partial charge in [-0.15, -0.1) is 10.2 Å². The Labute approximate surface area is 224 Å². The van der Waals surface area contributed by atoms with Gasteiger partial charge in [-0.2, -0.15) is 0 Å². The van der Waals surface area contributed by atoms with Crippen LogP contribution in [0.3, 0.4) is 0 Å². The van der Waals surface area contributed by atoms with Crippen LogP contribution in [-0.2, 0) is 4.79 Å². The van der Waals surface area contributed by atoms with Crippen LogP contribution in [-0.4, -0.2) is 33.5 Å². The Morgan fingerprint density at radius 1 is 0.892 bits per heavy atom. The lowest BCUT2D eigenvalue weighted by Gasteiger charge is -2.12. The van der Waals surface area contributed by atoms with Gasteiger partial charge < -0.3 is 10.1 Å². The van der Waals surface area contributed by atoms with E-state index in [1.807, 2.05) is 108 Å². The lowest BCUT2D eigenvalue weighted by Crippen LogP contribution is -2.15. The second-order valence-electron chi connectivity index (χ2n) is 8.10. The van der Waals surface area contributed by atoms with E-state index in [1.165, 1.54) is 11.8 Å². The first-order valence-electron chi connectivity index (χ1n) is 11.6. The van der Waals surface area contributed by atoms with Crippen LogP contribution >= 0.6 is 23.4 Å². The average Bonchev–Trinajstić information content (AvgIpc) is 3.37. The summed E-state index contributed by atoms with van der Waals surface area (Å²) in [7, 11) is 1.62. The first-order valence-corrected chi connectivity index (χ1v) is 12.9. The van der Waals surface area contributed by atoms with E-state index in [9.17, 15) is 4.79 Å². The number of rotatable bonds is 8. The molecule has 0 atom stereocenters. The Hall–Kier alpha value is -4.07. The van der Waals surface area contributed by atoms with E-state index >= 15 is 0 Å². The number of hydrogen-bond acceptors (Lipinski definition) is 5. The fraction of sp³-hybridized carbons (Fsp3) is 0.0690. The molecule has 0 spiro atoms. The van der Waals surface area contributed by atoms with Crippen LogP contribution in [0, 0.1) is 0 Å². The lowest BCUT2D eigenvalue weighted by molar-refractivity contribution is -0.113. The van der Waals surface area contributed by atoms with Crippen molar-refractivity contribution in [3.63, 3.8) is 0 Å². The van der Waals surface area contributed by atoms with Gasteiger partial charge in [-0.3, -0.25) is 9.36 Å². The Morgan fingerprint density at radius 3 is 2.41 bits per heavy atom. The van der Waals surface area contributed by atoms with Gasteiger partial charge in [-0.25, -0.2) is 0 Å². The summed E-state index contributed by atoms with van der Waals surface area (Å²) in [5.74, 6) is 1.38. The van der Waals surface area contributed by atoms with Crippen molar-refractivity contribution >= 4 is 35.0 Å². The molecule has 0 aliphatic heterocycles. The molecular weight excluding hydrogens is 504 g/mol. The molecule has 184 valence electrons. The van der Waals surface area contributed by atoms with Crippen molar-refractivity contribution in [2.75, 3.05) is 18.2 Å². The van der Waals surface area contributed by atoms with Gasteiger partial charge >= 0.3 is 0 Å². The van der Waals surface area contributed by atoms with Crippen LogP contribution in [0.15, 0.2) is 108 Å². The predicted molar refractivity (Wildman–Crippen MR) is 150 cm³/mol. The predicted octanol–water partition coefficient (Wildman–Crippen LogP) is 6.99. The quantitative estimate of drug-likeness (QED) is 0.221. The van der Waals surface area contributed by atoms with Crippen LogP contribution < -0.4 is 10.1 Å². The van der Waals surface area contributed by atoms with Crippen molar-refractivity contribution < 1.29 is 9.53 Å². The molecule has 5 aromatic rings. The third-order valence-corrected chi connectivity index (χ3v) is 6.85. The normalized spacial score (nSPS) is 10.8. The molecule has 0 bridgehead atoms. The molecule has 6 nitrogen and oxygen atoms in total. The molecular formula is C29H23ClN4O2S. The first-order chi connectivity index (χ1) is 18.1. The molecule has 5 rings (SSSR count). The Morgan fingerprint density at radius 2 is 1.62 bits per heavy atom. The maximum atomic E-state index is 13.0. The van der Waals surface area contributed by atoms with Crippen molar-refractivity contribution in [1.82, 2.24) is 14.8 Å². The summed E-state index contributed by atoms with van der Waals surface area (Å²) in [4.78, 5) is 13.0. The fourth-order valence-corrected chi connectivity index (χ4v) is 4.79. The zero-order chi connectivity index (χ0) is 25.6. The maximum Gasteiger partial charge on any atom is 0.234 e. The summed E-state index contributed by atoms with van der Waals surface area (Å²) in [6, 6.07) is 32.8. The molecule has 0 aliphatic rings. The van der Waals surface area contributed by atoms with Crippen LogP contribution in [0.4, 0.5) is 5.69 Å². The minimum Gasteiger partial charge on any atom is -0.497 e. The molecule has 0 aliphatic carbocycles. The van der Waals surface area contributed by atoms with Crippen LogP contribution in [0.1, 0.15) is 0 Å². The highest BCUT2D eigenvalue weighted by Gasteiger charge is 2.18. The highest BCUT2D eigenvalue weighted by atomic mass is 35.5. The lowest BCUT2D eigenvalue weighted by atomic mass is 10.0. The van der Waals surface area contributed by atoms with Crippen LogP contribution in [0.2, 0.25) is 5.02 Å². The number of carbonyl (C=O) groups excluding carboxylic acids is 1. The van der Waals surface area contributed by atoms with Gasteiger partial charge in [0.25, 0.3) is 0 Å².